The number of hydrogen-bond acceptors (Lipinski definition) is 3. The van der Waals surface area contributed by atoms with Crippen molar-refractivity contribution >= 4 is 15.9 Å². The average Bonchev–Trinajstić information content (AvgIpc) is 2.28. The first kappa shape index (κ1) is 14.8. The smallest absolute Gasteiger partial charge is 0.299 e. The molecule has 6 heteroatoms. The first-order chi connectivity index (χ1) is 8.43. The molecule has 5 nitrogen and oxygen atoms in total. The average molecular weight is 272 g/mol. The second-order valence-corrected chi connectivity index (χ2v) is 5.69. The minimum absolute atomic E-state index is 0.0961. The first-order valence-corrected chi connectivity index (χ1v) is 7.45. The molecule has 0 saturated carbocycles. The molecule has 1 aromatic rings. The summed E-state index contributed by atoms with van der Waals surface area (Å²) in [5.74, 6) is 0.717. The molecule has 102 valence electrons. The van der Waals surface area contributed by atoms with Crippen molar-refractivity contribution in [2.75, 3.05) is 11.3 Å². The summed E-state index contributed by atoms with van der Waals surface area (Å²) in [4.78, 5) is 0. The molecule has 2 N–H and O–H groups in total. The molecule has 0 aliphatic carbocycles. The summed E-state index contributed by atoms with van der Waals surface area (Å²) in [6, 6.07) is 6.81. The van der Waals surface area contributed by atoms with Crippen molar-refractivity contribution in [1.29, 1.82) is 0 Å². The van der Waals surface area contributed by atoms with E-state index in [4.69, 9.17) is 4.74 Å². The van der Waals surface area contributed by atoms with E-state index < -0.39 is 10.2 Å². The molecule has 0 aliphatic rings. The minimum atomic E-state index is -3.47. The van der Waals surface area contributed by atoms with Crippen molar-refractivity contribution in [2.45, 2.75) is 33.3 Å². The van der Waals surface area contributed by atoms with Gasteiger partial charge < -0.3 is 4.74 Å². The number of rotatable bonds is 7. The molecule has 1 rings (SSSR count). The van der Waals surface area contributed by atoms with E-state index in [1.165, 1.54) is 0 Å². The number of hydrogen-bond donors (Lipinski definition) is 2. The molecule has 0 spiro atoms. The zero-order valence-electron chi connectivity index (χ0n) is 10.9. The van der Waals surface area contributed by atoms with Gasteiger partial charge in [0.2, 0.25) is 0 Å². The van der Waals surface area contributed by atoms with Gasteiger partial charge in [-0.2, -0.15) is 13.1 Å². The summed E-state index contributed by atoms with van der Waals surface area (Å²) in [5.41, 5.74) is 0.509. The van der Waals surface area contributed by atoms with E-state index in [0.717, 1.165) is 12.2 Å². The van der Waals surface area contributed by atoms with Crippen LogP contribution >= 0.6 is 0 Å². The maximum atomic E-state index is 11.6. The van der Waals surface area contributed by atoms with Gasteiger partial charge in [-0.1, -0.05) is 6.92 Å². The van der Waals surface area contributed by atoms with Crippen molar-refractivity contribution in [1.82, 2.24) is 4.72 Å². The molecular formula is C12H20N2O3S. The van der Waals surface area contributed by atoms with Crippen LogP contribution in [0.4, 0.5) is 5.69 Å². The summed E-state index contributed by atoms with van der Waals surface area (Å²) in [6.45, 7) is 6.20. The van der Waals surface area contributed by atoms with Gasteiger partial charge in [-0.25, -0.2) is 0 Å². The van der Waals surface area contributed by atoms with Gasteiger partial charge in [0.05, 0.1) is 6.10 Å². The van der Waals surface area contributed by atoms with Gasteiger partial charge >= 0.3 is 0 Å². The van der Waals surface area contributed by atoms with Crippen LogP contribution in [0.25, 0.3) is 0 Å². The van der Waals surface area contributed by atoms with E-state index in [0.29, 0.717) is 12.2 Å². The second kappa shape index (κ2) is 6.61. The lowest BCUT2D eigenvalue weighted by molar-refractivity contribution is 0.242. The maximum absolute atomic E-state index is 11.6. The highest BCUT2D eigenvalue weighted by molar-refractivity contribution is 7.90. The molecule has 0 radical (unpaired) electrons. The lowest BCUT2D eigenvalue weighted by Crippen LogP contribution is -2.30. The second-order valence-electron chi connectivity index (χ2n) is 4.19. The van der Waals surface area contributed by atoms with Crippen molar-refractivity contribution < 1.29 is 13.2 Å². The van der Waals surface area contributed by atoms with Gasteiger partial charge in [-0.3, -0.25) is 4.72 Å². The standard InChI is InChI=1S/C12H20N2O3S/c1-4-9-13-18(15,16)14-11-5-7-12(8-6-11)17-10(2)3/h5-8,10,13-14H,4,9H2,1-3H3. The van der Waals surface area contributed by atoms with Crippen LogP contribution in [0.5, 0.6) is 5.75 Å². The fourth-order valence-electron chi connectivity index (χ4n) is 1.30. The molecule has 0 aromatic heterocycles. The van der Waals surface area contributed by atoms with Gasteiger partial charge in [0, 0.05) is 12.2 Å². The summed E-state index contributed by atoms with van der Waals surface area (Å²) >= 11 is 0. The maximum Gasteiger partial charge on any atom is 0.299 e. The quantitative estimate of drug-likeness (QED) is 0.799. The third-order valence-electron chi connectivity index (χ3n) is 2.02. The van der Waals surface area contributed by atoms with E-state index in [-0.39, 0.29) is 6.10 Å². The Morgan fingerprint density at radius 3 is 2.33 bits per heavy atom. The number of ether oxygens (including phenoxy) is 1. The predicted molar refractivity (Wildman–Crippen MR) is 73.0 cm³/mol. The Morgan fingerprint density at radius 2 is 1.83 bits per heavy atom. The summed E-state index contributed by atoms with van der Waals surface area (Å²) in [6.07, 6.45) is 0.848. The molecule has 0 bridgehead atoms. The van der Waals surface area contributed by atoms with E-state index in [1.807, 2.05) is 20.8 Å². The van der Waals surface area contributed by atoms with Crippen molar-refractivity contribution in [2.24, 2.45) is 0 Å². The third kappa shape index (κ3) is 5.37. The van der Waals surface area contributed by atoms with Crippen LogP contribution in [0.1, 0.15) is 27.2 Å². The van der Waals surface area contributed by atoms with E-state index in [2.05, 4.69) is 9.44 Å². The molecular weight excluding hydrogens is 252 g/mol. The molecule has 0 aliphatic heterocycles. The lowest BCUT2D eigenvalue weighted by Gasteiger charge is -2.11. The fraction of sp³-hybridized carbons (Fsp3) is 0.500. The Morgan fingerprint density at radius 1 is 1.22 bits per heavy atom. The van der Waals surface area contributed by atoms with Gasteiger partial charge in [0.15, 0.2) is 0 Å². The Kier molecular flexibility index (Phi) is 5.43. The molecule has 18 heavy (non-hydrogen) atoms. The molecule has 0 fully saturated rings. The monoisotopic (exact) mass is 272 g/mol. The van der Waals surface area contributed by atoms with Crippen molar-refractivity contribution in [3.05, 3.63) is 24.3 Å². The van der Waals surface area contributed by atoms with Crippen LogP contribution in [-0.4, -0.2) is 21.1 Å². The number of nitrogens with one attached hydrogen (secondary N) is 2. The van der Waals surface area contributed by atoms with Crippen LogP contribution in [0.2, 0.25) is 0 Å². The molecule has 0 amide bonds. The summed E-state index contributed by atoms with van der Waals surface area (Å²) < 4.78 is 33.5. The largest absolute Gasteiger partial charge is 0.491 e. The SMILES string of the molecule is CCCNS(=O)(=O)Nc1ccc(OC(C)C)cc1. The Bertz CT molecular complexity index is 455. The predicted octanol–water partition coefficient (Wildman–Crippen LogP) is 2.13. The van der Waals surface area contributed by atoms with E-state index in [9.17, 15) is 8.42 Å². The van der Waals surface area contributed by atoms with Gasteiger partial charge in [0.25, 0.3) is 10.2 Å². The minimum Gasteiger partial charge on any atom is -0.491 e. The van der Waals surface area contributed by atoms with Crippen molar-refractivity contribution in [3.8, 4) is 5.75 Å². The van der Waals surface area contributed by atoms with Crippen molar-refractivity contribution in [3.63, 3.8) is 0 Å². The molecule has 0 heterocycles. The third-order valence-corrected chi connectivity index (χ3v) is 3.11. The van der Waals surface area contributed by atoms with E-state index in [1.54, 1.807) is 24.3 Å². The highest BCUT2D eigenvalue weighted by Crippen LogP contribution is 2.17. The van der Waals surface area contributed by atoms with Gasteiger partial charge in [-0.05, 0) is 44.5 Å². The van der Waals surface area contributed by atoms with Crippen LogP contribution in [0.15, 0.2) is 24.3 Å². The number of benzene rings is 1. The van der Waals surface area contributed by atoms with Gasteiger partial charge in [-0.15, -0.1) is 0 Å². The normalized spacial score (nSPS) is 11.6. The van der Waals surface area contributed by atoms with Crippen LogP contribution < -0.4 is 14.2 Å². The van der Waals surface area contributed by atoms with E-state index >= 15 is 0 Å². The highest BCUT2D eigenvalue weighted by atomic mass is 32.2. The molecule has 0 atom stereocenters. The van der Waals surface area contributed by atoms with Crippen LogP contribution in [0, 0.1) is 0 Å². The Labute approximate surface area is 109 Å². The lowest BCUT2D eigenvalue weighted by atomic mass is 10.3. The van der Waals surface area contributed by atoms with Gasteiger partial charge in [0.1, 0.15) is 5.75 Å². The summed E-state index contributed by atoms with van der Waals surface area (Å²) in [7, 11) is -3.47. The highest BCUT2D eigenvalue weighted by Gasteiger charge is 2.08. The Balaban J connectivity index is 2.63. The summed E-state index contributed by atoms with van der Waals surface area (Å²) in [5, 5.41) is 0. The molecule has 0 saturated heterocycles. The Hall–Kier alpha value is -1.27. The zero-order valence-corrected chi connectivity index (χ0v) is 11.8. The van der Waals surface area contributed by atoms with Crippen LogP contribution in [0.3, 0.4) is 0 Å². The fourth-order valence-corrected chi connectivity index (χ4v) is 2.29. The topological polar surface area (TPSA) is 67.4 Å². The number of anilines is 1. The molecule has 1 aromatic carbocycles. The first-order valence-electron chi connectivity index (χ1n) is 5.97. The van der Waals surface area contributed by atoms with Crippen LogP contribution in [-0.2, 0) is 10.2 Å². The zero-order chi connectivity index (χ0) is 13.6. The molecule has 0 unspecified atom stereocenters.